The molecule has 1 rings (SSSR count). The lowest BCUT2D eigenvalue weighted by Gasteiger charge is -2.04. The van der Waals surface area contributed by atoms with Gasteiger partial charge in [0, 0.05) is 11.6 Å². The van der Waals surface area contributed by atoms with Crippen molar-refractivity contribution in [3.05, 3.63) is 34.9 Å². The second-order valence-electron chi connectivity index (χ2n) is 4.05. The van der Waals surface area contributed by atoms with Crippen LogP contribution >= 0.6 is 11.6 Å². The highest BCUT2D eigenvalue weighted by atomic mass is 35.5. The van der Waals surface area contributed by atoms with Gasteiger partial charge in [-0.25, -0.2) is 0 Å². The van der Waals surface area contributed by atoms with E-state index in [4.69, 9.17) is 16.3 Å². The van der Waals surface area contributed by atoms with Crippen molar-refractivity contribution >= 4 is 11.6 Å². The molecule has 0 unspecified atom stereocenters. The molecule has 0 aromatic heterocycles. The van der Waals surface area contributed by atoms with Crippen LogP contribution in [0.4, 0.5) is 0 Å². The van der Waals surface area contributed by atoms with Crippen molar-refractivity contribution in [2.75, 3.05) is 13.2 Å². The number of hydrogen-bond acceptors (Lipinski definition) is 1. The first kappa shape index (κ1) is 13.5. The van der Waals surface area contributed by atoms with Gasteiger partial charge < -0.3 is 4.74 Å². The van der Waals surface area contributed by atoms with Crippen LogP contribution in [0.3, 0.4) is 0 Å². The van der Waals surface area contributed by atoms with E-state index in [1.807, 2.05) is 12.1 Å². The van der Waals surface area contributed by atoms with Gasteiger partial charge in [0.2, 0.25) is 0 Å². The monoisotopic (exact) mass is 240 g/mol. The molecule has 90 valence electrons. The average molecular weight is 241 g/mol. The van der Waals surface area contributed by atoms with Crippen molar-refractivity contribution in [1.82, 2.24) is 0 Å². The Kier molecular flexibility index (Phi) is 7.28. The first-order valence-corrected chi connectivity index (χ1v) is 6.53. The third kappa shape index (κ3) is 6.14. The number of ether oxygens (including phenoxy) is 1. The van der Waals surface area contributed by atoms with Gasteiger partial charge >= 0.3 is 0 Å². The van der Waals surface area contributed by atoms with Gasteiger partial charge in [0.25, 0.3) is 0 Å². The van der Waals surface area contributed by atoms with Crippen molar-refractivity contribution < 1.29 is 4.74 Å². The summed E-state index contributed by atoms with van der Waals surface area (Å²) in [4.78, 5) is 0. The summed E-state index contributed by atoms with van der Waals surface area (Å²) in [7, 11) is 0. The van der Waals surface area contributed by atoms with Crippen LogP contribution in [0.5, 0.6) is 0 Å². The topological polar surface area (TPSA) is 9.23 Å². The zero-order valence-electron chi connectivity index (χ0n) is 10.0. The number of hydrogen-bond donors (Lipinski definition) is 0. The smallest absolute Gasteiger partial charge is 0.0506 e. The maximum atomic E-state index is 5.81. The maximum absolute atomic E-state index is 5.81. The summed E-state index contributed by atoms with van der Waals surface area (Å²) in [5.74, 6) is 0. The van der Waals surface area contributed by atoms with E-state index in [0.717, 1.165) is 24.7 Å². The quantitative estimate of drug-likeness (QED) is 0.609. The number of rotatable bonds is 8. The van der Waals surface area contributed by atoms with E-state index in [0.29, 0.717) is 0 Å². The third-order valence-electron chi connectivity index (χ3n) is 2.59. The Labute approximate surface area is 104 Å². The van der Waals surface area contributed by atoms with Gasteiger partial charge in [0.15, 0.2) is 0 Å². The number of benzene rings is 1. The molecule has 0 aliphatic carbocycles. The molecule has 0 aliphatic rings. The molecule has 0 N–H and O–H groups in total. The fraction of sp³-hybridized carbons (Fsp3) is 0.571. The Balaban J connectivity index is 2.01. The second-order valence-corrected chi connectivity index (χ2v) is 4.49. The predicted octanol–water partition coefficient (Wildman–Crippen LogP) is 4.48. The van der Waals surface area contributed by atoms with Gasteiger partial charge in [0.05, 0.1) is 6.61 Å². The van der Waals surface area contributed by atoms with Crippen LogP contribution in [0.1, 0.15) is 38.2 Å². The highest BCUT2D eigenvalue weighted by molar-refractivity contribution is 6.30. The predicted molar refractivity (Wildman–Crippen MR) is 70.1 cm³/mol. The Hall–Kier alpha value is -0.530. The lowest BCUT2D eigenvalue weighted by molar-refractivity contribution is 0.133. The van der Waals surface area contributed by atoms with E-state index in [1.165, 1.54) is 31.2 Å². The van der Waals surface area contributed by atoms with Crippen molar-refractivity contribution in [3.63, 3.8) is 0 Å². The summed E-state index contributed by atoms with van der Waals surface area (Å²) >= 11 is 5.81. The third-order valence-corrected chi connectivity index (χ3v) is 2.84. The van der Waals surface area contributed by atoms with Crippen LogP contribution in [0, 0.1) is 0 Å². The first-order valence-electron chi connectivity index (χ1n) is 6.15. The van der Waals surface area contributed by atoms with E-state index >= 15 is 0 Å². The standard InChI is InChI=1S/C14H21ClO/c1-2-3-4-5-11-16-12-10-13-6-8-14(15)9-7-13/h6-9H,2-5,10-12H2,1H3. The molecule has 0 fully saturated rings. The normalized spacial score (nSPS) is 10.6. The minimum Gasteiger partial charge on any atom is -0.381 e. The van der Waals surface area contributed by atoms with Crippen molar-refractivity contribution in [2.24, 2.45) is 0 Å². The van der Waals surface area contributed by atoms with Gasteiger partial charge in [-0.1, -0.05) is 49.9 Å². The zero-order valence-corrected chi connectivity index (χ0v) is 10.8. The molecule has 0 radical (unpaired) electrons. The van der Waals surface area contributed by atoms with Crippen molar-refractivity contribution in [2.45, 2.75) is 39.0 Å². The summed E-state index contributed by atoms with van der Waals surface area (Å²) < 4.78 is 5.58. The molecular weight excluding hydrogens is 220 g/mol. The van der Waals surface area contributed by atoms with E-state index < -0.39 is 0 Å². The highest BCUT2D eigenvalue weighted by Crippen LogP contribution is 2.10. The molecular formula is C14H21ClO. The molecule has 0 atom stereocenters. The fourth-order valence-electron chi connectivity index (χ4n) is 1.57. The summed E-state index contributed by atoms with van der Waals surface area (Å²) in [6.07, 6.45) is 6.06. The molecule has 0 saturated carbocycles. The maximum Gasteiger partial charge on any atom is 0.0506 e. The Morgan fingerprint density at radius 3 is 2.44 bits per heavy atom. The Morgan fingerprint density at radius 2 is 1.75 bits per heavy atom. The summed E-state index contributed by atoms with van der Waals surface area (Å²) in [6.45, 7) is 3.93. The minimum absolute atomic E-state index is 0.796. The molecule has 1 aromatic rings. The van der Waals surface area contributed by atoms with Crippen LogP contribution in [0.15, 0.2) is 24.3 Å². The first-order chi connectivity index (χ1) is 7.83. The summed E-state index contributed by atoms with van der Waals surface area (Å²) in [5.41, 5.74) is 1.29. The van der Waals surface area contributed by atoms with E-state index in [-0.39, 0.29) is 0 Å². The molecule has 1 aromatic carbocycles. The average Bonchev–Trinajstić information content (AvgIpc) is 2.30. The minimum atomic E-state index is 0.796. The van der Waals surface area contributed by atoms with E-state index in [9.17, 15) is 0 Å². The lowest BCUT2D eigenvalue weighted by atomic mass is 10.2. The molecule has 0 saturated heterocycles. The van der Waals surface area contributed by atoms with Gasteiger partial charge in [-0.15, -0.1) is 0 Å². The zero-order chi connectivity index (χ0) is 11.6. The Bertz CT molecular complexity index is 269. The number of halogens is 1. The van der Waals surface area contributed by atoms with Crippen molar-refractivity contribution in [1.29, 1.82) is 0 Å². The van der Waals surface area contributed by atoms with Crippen LogP contribution in [0.2, 0.25) is 5.02 Å². The van der Waals surface area contributed by atoms with Gasteiger partial charge in [-0.2, -0.15) is 0 Å². The van der Waals surface area contributed by atoms with E-state index in [2.05, 4.69) is 19.1 Å². The molecule has 0 amide bonds. The molecule has 0 aliphatic heterocycles. The lowest BCUT2D eigenvalue weighted by Crippen LogP contribution is -2.00. The Morgan fingerprint density at radius 1 is 1.00 bits per heavy atom. The molecule has 2 heteroatoms. The van der Waals surface area contributed by atoms with Crippen LogP contribution in [0.25, 0.3) is 0 Å². The van der Waals surface area contributed by atoms with Crippen molar-refractivity contribution in [3.8, 4) is 0 Å². The fourth-order valence-corrected chi connectivity index (χ4v) is 1.70. The van der Waals surface area contributed by atoms with Gasteiger partial charge in [-0.05, 0) is 30.5 Å². The molecule has 1 nitrogen and oxygen atoms in total. The van der Waals surface area contributed by atoms with Gasteiger partial charge in [-0.3, -0.25) is 0 Å². The second kappa shape index (κ2) is 8.60. The molecule has 16 heavy (non-hydrogen) atoms. The highest BCUT2D eigenvalue weighted by Gasteiger charge is 1.94. The number of unbranched alkanes of at least 4 members (excludes halogenated alkanes) is 3. The molecule has 0 spiro atoms. The van der Waals surface area contributed by atoms with Crippen LogP contribution in [-0.4, -0.2) is 13.2 Å². The van der Waals surface area contributed by atoms with E-state index in [1.54, 1.807) is 0 Å². The largest absolute Gasteiger partial charge is 0.381 e. The van der Waals surface area contributed by atoms with Gasteiger partial charge in [0.1, 0.15) is 0 Å². The van der Waals surface area contributed by atoms with Crippen LogP contribution in [-0.2, 0) is 11.2 Å². The SMILES string of the molecule is CCCCCCOCCc1ccc(Cl)cc1. The van der Waals surface area contributed by atoms with Crippen LogP contribution < -0.4 is 0 Å². The molecule has 0 bridgehead atoms. The molecule has 0 heterocycles. The summed E-state index contributed by atoms with van der Waals surface area (Å²) in [5, 5.41) is 0.796. The summed E-state index contributed by atoms with van der Waals surface area (Å²) in [6, 6.07) is 7.97.